The van der Waals surface area contributed by atoms with Crippen molar-refractivity contribution in [1.82, 2.24) is 4.98 Å². The zero-order chi connectivity index (χ0) is 19.1. The maximum atomic E-state index is 8.60. The number of nitriles is 1. The first kappa shape index (κ1) is 19.6. The van der Waals surface area contributed by atoms with E-state index in [2.05, 4.69) is 30.1 Å². The second-order valence-corrected chi connectivity index (χ2v) is 7.31. The molecule has 1 aromatic heterocycles. The highest BCUT2D eigenvalue weighted by molar-refractivity contribution is 5.54. The normalized spacial score (nSPS) is 19.7. The van der Waals surface area contributed by atoms with Crippen molar-refractivity contribution in [1.29, 1.82) is 5.26 Å². The molecule has 144 valence electrons. The van der Waals surface area contributed by atoms with Crippen molar-refractivity contribution >= 4 is 0 Å². The molecule has 27 heavy (non-hydrogen) atoms. The molecule has 1 aromatic carbocycles. The largest absolute Gasteiger partial charge is 0.441 e. The minimum absolute atomic E-state index is 0.271. The number of hydrogen-bond acceptors (Lipinski definition) is 4. The molecule has 1 aliphatic rings. The fourth-order valence-electron chi connectivity index (χ4n) is 3.53. The molecular weight excluding hydrogens is 340 g/mol. The third-order valence-corrected chi connectivity index (χ3v) is 5.04. The van der Waals surface area contributed by atoms with Crippen molar-refractivity contribution in [3.8, 4) is 17.5 Å². The van der Waals surface area contributed by atoms with Gasteiger partial charge in [0.1, 0.15) is 5.76 Å². The monoisotopic (exact) mass is 369 g/mol. The summed E-state index contributed by atoms with van der Waals surface area (Å²) >= 11 is 0. The number of unbranched alkanes of at least 4 members (excludes halogenated alkanes) is 1. The van der Waals surface area contributed by atoms with Crippen molar-refractivity contribution in [2.24, 2.45) is 0 Å². The topological polar surface area (TPSA) is 71.8 Å². The third-order valence-electron chi connectivity index (χ3n) is 5.04. The predicted molar refractivity (Wildman–Crippen MR) is 104 cm³/mol. The number of rotatable bonds is 8. The van der Waals surface area contributed by atoms with Crippen LogP contribution in [-0.4, -0.2) is 28.5 Å². The van der Waals surface area contributed by atoms with E-state index in [9.17, 15) is 0 Å². The molecule has 2 aromatic rings. The summed E-state index contributed by atoms with van der Waals surface area (Å²) in [6.07, 6.45) is 6.28. The fourth-order valence-corrected chi connectivity index (χ4v) is 3.53. The first-order valence-corrected chi connectivity index (χ1v) is 9.84. The van der Waals surface area contributed by atoms with Gasteiger partial charge in [0.15, 0.2) is 18.4 Å². The minimum atomic E-state index is 0.271. The van der Waals surface area contributed by atoms with Crippen molar-refractivity contribution < 1.29 is 13.9 Å². The molecule has 0 radical (unpaired) electrons. The number of nitrogens with zero attached hydrogens (tertiary/aromatic N) is 2. The molecule has 1 N–H and O–H groups in total. The Morgan fingerprint density at radius 2 is 2.22 bits per heavy atom. The maximum Gasteiger partial charge on any atom is 0.226 e. The van der Waals surface area contributed by atoms with Gasteiger partial charge in [-0.3, -0.25) is 0 Å². The number of ether oxygens (including phenoxy) is 2. The van der Waals surface area contributed by atoms with E-state index in [-0.39, 0.29) is 6.10 Å². The van der Waals surface area contributed by atoms with Crippen molar-refractivity contribution in [3.63, 3.8) is 0 Å². The minimum Gasteiger partial charge on any atom is -0.441 e. The molecule has 0 aliphatic heterocycles. The van der Waals surface area contributed by atoms with Crippen LogP contribution in [0.25, 0.3) is 11.5 Å². The van der Waals surface area contributed by atoms with Crippen LogP contribution in [0.3, 0.4) is 0 Å². The smallest absolute Gasteiger partial charge is 0.226 e. The number of oxazole rings is 1. The Morgan fingerprint density at radius 3 is 3.04 bits per heavy atom. The Balaban J connectivity index is 1.52. The molecule has 0 spiro atoms. The quantitative estimate of drug-likeness (QED) is 0.503. The van der Waals surface area contributed by atoms with Gasteiger partial charge in [0.2, 0.25) is 5.89 Å². The molecule has 5 nitrogen and oxygen atoms in total. The summed E-state index contributed by atoms with van der Waals surface area (Å²) in [6.45, 7) is 5.29. The Kier molecular flexibility index (Phi) is 7.03. The molecule has 2 atom stereocenters. The summed E-state index contributed by atoms with van der Waals surface area (Å²) in [4.78, 5) is 4.67. The van der Waals surface area contributed by atoms with Gasteiger partial charge in [0, 0.05) is 31.4 Å². The molecule has 0 unspecified atom stereocenters. The van der Waals surface area contributed by atoms with E-state index < -0.39 is 0 Å². The molecule has 0 bridgehead atoms. The van der Waals surface area contributed by atoms with Crippen LogP contribution in [0.15, 0.2) is 28.7 Å². The first-order valence-electron chi connectivity index (χ1n) is 9.84. The summed E-state index contributed by atoms with van der Waals surface area (Å²) in [5.41, 5.74) is 3.12. The molecule has 0 saturated heterocycles. The lowest BCUT2D eigenvalue weighted by Crippen LogP contribution is -2.30. The van der Waals surface area contributed by atoms with Gasteiger partial charge in [-0.2, -0.15) is 5.26 Å². The zero-order valence-electron chi connectivity index (χ0n) is 16.3. The molecule has 5 heteroatoms. The molecule has 1 saturated carbocycles. The summed E-state index contributed by atoms with van der Waals surface area (Å²) < 4.78 is 16.7. The number of benzene rings is 1. The Bertz CT molecular complexity index is 778. The molecule has 1 heterocycles. The summed E-state index contributed by atoms with van der Waals surface area (Å²) in [7, 11) is 0. The highest BCUT2D eigenvalue weighted by Crippen LogP contribution is 2.26. The summed E-state index contributed by atoms with van der Waals surface area (Å²) in [5.74, 6) is 1.51. The Hall–Kier alpha value is -2.16. The average Bonchev–Trinajstić information content (AvgIpc) is 3.05. The number of aliphatic hydroxyl groups is 2. The fraction of sp³-hybridized carbons (Fsp3) is 0.545. The number of hydrogen-bond donors (Lipinski definition) is 0. The van der Waals surface area contributed by atoms with E-state index >= 15 is 0 Å². The van der Waals surface area contributed by atoms with Gasteiger partial charge in [-0.25, -0.2) is 4.98 Å². The number of aromatic nitrogens is 1. The zero-order valence-corrected chi connectivity index (χ0v) is 16.3. The lowest BCUT2D eigenvalue weighted by molar-refractivity contribution is -0.154. The van der Waals surface area contributed by atoms with Gasteiger partial charge >= 0.3 is 0 Å². The molecule has 1 fully saturated rings. The van der Waals surface area contributed by atoms with Crippen LogP contribution >= 0.6 is 0 Å². The van der Waals surface area contributed by atoms with E-state index in [0.717, 1.165) is 49.1 Å². The Morgan fingerprint density at radius 1 is 1.33 bits per heavy atom. The van der Waals surface area contributed by atoms with E-state index in [1.54, 1.807) is 0 Å². The van der Waals surface area contributed by atoms with Gasteiger partial charge < -0.3 is 13.9 Å². The molecule has 1 aliphatic carbocycles. The van der Waals surface area contributed by atoms with Gasteiger partial charge in [-0.05, 0) is 45.2 Å². The molecule has 0 amide bonds. The van der Waals surface area contributed by atoms with E-state index in [0.29, 0.717) is 31.6 Å². The highest BCUT2D eigenvalue weighted by atomic mass is 16.5. The second kappa shape index (κ2) is 9.68. The van der Waals surface area contributed by atoms with Crippen LogP contribution < -0.4 is 0 Å². The first-order chi connectivity index (χ1) is 13.2. The van der Waals surface area contributed by atoms with Crippen molar-refractivity contribution in [2.45, 2.75) is 71.2 Å². The van der Waals surface area contributed by atoms with Crippen LogP contribution in [0.1, 0.15) is 55.5 Å². The molecular formula is C22H29N2O3+. The lowest BCUT2D eigenvalue weighted by Gasteiger charge is -2.26. The van der Waals surface area contributed by atoms with Crippen LogP contribution in [-0.2, 0) is 11.3 Å². The van der Waals surface area contributed by atoms with Crippen LogP contribution in [0.4, 0.5) is 0 Å². The second-order valence-electron chi connectivity index (χ2n) is 7.31. The van der Waals surface area contributed by atoms with Crippen LogP contribution in [0.2, 0.25) is 0 Å². The van der Waals surface area contributed by atoms with Gasteiger partial charge in [-0.1, -0.05) is 17.7 Å². The summed E-state index contributed by atoms with van der Waals surface area (Å²) in [6, 6.07) is 10.4. The van der Waals surface area contributed by atoms with E-state index in [1.165, 1.54) is 5.56 Å². The van der Waals surface area contributed by atoms with Gasteiger partial charge in [0.05, 0.1) is 12.2 Å². The van der Waals surface area contributed by atoms with Crippen molar-refractivity contribution in [2.75, 3.05) is 6.61 Å². The SMILES string of the molecule is Cc1cccc(-c2nc(C[OH+][C@H]3CCC[C@@H](OCCCC#N)C3)c(C)o2)c1. The van der Waals surface area contributed by atoms with Gasteiger partial charge in [0.25, 0.3) is 0 Å². The van der Waals surface area contributed by atoms with Gasteiger partial charge in [-0.15, -0.1) is 0 Å². The lowest BCUT2D eigenvalue weighted by atomic mass is 9.95. The van der Waals surface area contributed by atoms with Crippen LogP contribution in [0, 0.1) is 25.2 Å². The maximum absolute atomic E-state index is 8.60. The Labute approximate surface area is 161 Å². The number of aryl methyl sites for hydroxylation is 2. The third kappa shape index (κ3) is 5.66. The summed E-state index contributed by atoms with van der Waals surface area (Å²) in [5, 5.41) is 8.60. The van der Waals surface area contributed by atoms with Crippen molar-refractivity contribution in [3.05, 3.63) is 41.3 Å². The molecule has 3 rings (SSSR count). The van der Waals surface area contributed by atoms with Crippen LogP contribution in [0.5, 0.6) is 0 Å². The standard InChI is InChI=1S/C22H28N2O3/c1-16-7-5-8-18(13-16)22-24-21(17(2)27-22)15-26-20-10-6-9-19(14-20)25-12-4-3-11-23/h5,7-8,13,19-20H,3-4,6,9-10,12,14-15H2,1-2H3/p+1/t19-,20+/m1/s1. The highest BCUT2D eigenvalue weighted by Gasteiger charge is 2.27. The average molecular weight is 369 g/mol. The predicted octanol–water partition coefficient (Wildman–Crippen LogP) is 4.62. The van der Waals surface area contributed by atoms with E-state index in [1.807, 2.05) is 19.1 Å². The van der Waals surface area contributed by atoms with E-state index in [4.69, 9.17) is 19.2 Å².